The fourth-order valence-electron chi connectivity index (χ4n) is 3.17. The highest BCUT2D eigenvalue weighted by Gasteiger charge is 2.26. The Balaban J connectivity index is 2.31. The van der Waals surface area contributed by atoms with Gasteiger partial charge in [-0.1, -0.05) is 27.2 Å². The summed E-state index contributed by atoms with van der Waals surface area (Å²) in [6.07, 6.45) is 5.38. The summed E-state index contributed by atoms with van der Waals surface area (Å²) in [6.45, 7) is 8.41. The molecule has 1 aliphatic rings. The van der Waals surface area contributed by atoms with Crippen LogP contribution in [0.25, 0.3) is 0 Å². The lowest BCUT2D eigenvalue weighted by molar-refractivity contribution is 0.529. The van der Waals surface area contributed by atoms with Gasteiger partial charge in [0, 0.05) is 13.1 Å². The highest BCUT2D eigenvalue weighted by atomic mass is 15.3. The van der Waals surface area contributed by atoms with Crippen LogP contribution >= 0.6 is 0 Å². The summed E-state index contributed by atoms with van der Waals surface area (Å²) < 4.78 is 0. The van der Waals surface area contributed by atoms with Crippen molar-refractivity contribution < 1.29 is 0 Å². The second kappa shape index (κ2) is 6.69. The molecule has 1 atom stereocenters. The Morgan fingerprint density at radius 3 is 2.65 bits per heavy atom. The van der Waals surface area contributed by atoms with Gasteiger partial charge in [-0.05, 0) is 37.2 Å². The molecule has 0 saturated carbocycles. The summed E-state index contributed by atoms with van der Waals surface area (Å²) in [5, 5.41) is 18.2. The van der Waals surface area contributed by atoms with Crippen LogP contribution in [-0.2, 0) is 12.8 Å². The average molecular weight is 272 g/mol. The van der Waals surface area contributed by atoms with Gasteiger partial charge in [-0.3, -0.25) is 0 Å². The zero-order chi connectivity index (χ0) is 14.5. The van der Waals surface area contributed by atoms with E-state index in [1.807, 2.05) is 0 Å². The van der Waals surface area contributed by atoms with Gasteiger partial charge in [-0.15, -0.1) is 5.10 Å². The van der Waals surface area contributed by atoms with Crippen molar-refractivity contribution in [2.24, 2.45) is 5.92 Å². The fraction of sp³-hybridized carbons (Fsp3) is 0.688. The molecule has 0 aliphatic carbocycles. The average Bonchev–Trinajstić information content (AvgIpc) is 2.94. The summed E-state index contributed by atoms with van der Waals surface area (Å²) in [7, 11) is 0. The molecule has 1 saturated heterocycles. The molecule has 4 heteroatoms. The van der Waals surface area contributed by atoms with E-state index in [0.717, 1.165) is 54.5 Å². The Morgan fingerprint density at radius 1 is 1.25 bits per heavy atom. The predicted octanol–water partition coefficient (Wildman–Crippen LogP) is 3.10. The van der Waals surface area contributed by atoms with Gasteiger partial charge in [-0.2, -0.15) is 10.4 Å². The van der Waals surface area contributed by atoms with E-state index in [2.05, 4.69) is 41.9 Å². The molecule has 0 radical (unpaired) electrons. The molecule has 0 amide bonds. The normalized spacial score (nSPS) is 18.3. The predicted molar refractivity (Wildman–Crippen MR) is 80.7 cm³/mol. The van der Waals surface area contributed by atoms with E-state index in [-0.39, 0.29) is 0 Å². The van der Waals surface area contributed by atoms with Gasteiger partial charge in [0.05, 0.1) is 5.69 Å². The highest BCUT2D eigenvalue weighted by molar-refractivity contribution is 5.58. The van der Waals surface area contributed by atoms with E-state index in [4.69, 9.17) is 0 Å². The molecular formula is C16H24N4. The molecule has 108 valence electrons. The van der Waals surface area contributed by atoms with Crippen molar-refractivity contribution in [3.05, 3.63) is 16.8 Å². The molecule has 0 spiro atoms. The SMILES string of the molecule is CCCC1CCN(c2nnc(CC)c(CC)c2C#N)C1. The quantitative estimate of drug-likeness (QED) is 0.826. The molecule has 1 aliphatic heterocycles. The lowest BCUT2D eigenvalue weighted by Gasteiger charge is -2.20. The molecule has 2 rings (SSSR count). The van der Waals surface area contributed by atoms with Crippen LogP contribution in [0.3, 0.4) is 0 Å². The highest BCUT2D eigenvalue weighted by Crippen LogP contribution is 2.29. The summed E-state index contributed by atoms with van der Waals surface area (Å²) in [6, 6.07) is 2.37. The van der Waals surface area contributed by atoms with Gasteiger partial charge >= 0.3 is 0 Å². The zero-order valence-electron chi connectivity index (χ0n) is 12.8. The first-order valence-electron chi connectivity index (χ1n) is 7.78. The molecule has 2 heterocycles. The third-order valence-corrected chi connectivity index (χ3v) is 4.22. The van der Waals surface area contributed by atoms with Crippen LogP contribution in [0, 0.1) is 17.2 Å². The van der Waals surface area contributed by atoms with Crippen molar-refractivity contribution in [3.63, 3.8) is 0 Å². The van der Waals surface area contributed by atoms with Crippen LogP contribution in [0.15, 0.2) is 0 Å². The molecule has 0 N–H and O–H groups in total. The van der Waals surface area contributed by atoms with E-state index < -0.39 is 0 Å². The van der Waals surface area contributed by atoms with Crippen LogP contribution in [0.2, 0.25) is 0 Å². The number of rotatable bonds is 5. The van der Waals surface area contributed by atoms with E-state index in [1.165, 1.54) is 19.3 Å². The Hall–Kier alpha value is -1.63. The van der Waals surface area contributed by atoms with Crippen LogP contribution in [-0.4, -0.2) is 23.3 Å². The molecule has 20 heavy (non-hydrogen) atoms. The number of nitriles is 1. The van der Waals surface area contributed by atoms with Crippen molar-refractivity contribution in [1.82, 2.24) is 10.2 Å². The number of hydrogen-bond donors (Lipinski definition) is 0. The molecular weight excluding hydrogens is 248 g/mol. The minimum atomic E-state index is 0.740. The minimum Gasteiger partial charge on any atom is -0.354 e. The molecule has 1 fully saturated rings. The molecule has 1 aromatic heterocycles. The second-order valence-corrected chi connectivity index (χ2v) is 5.53. The summed E-state index contributed by atoms with van der Waals surface area (Å²) in [5.74, 6) is 1.55. The lowest BCUT2D eigenvalue weighted by Crippen LogP contribution is -2.23. The first kappa shape index (κ1) is 14.8. The smallest absolute Gasteiger partial charge is 0.169 e. The summed E-state index contributed by atoms with van der Waals surface area (Å²) >= 11 is 0. The van der Waals surface area contributed by atoms with Gasteiger partial charge in [0.1, 0.15) is 11.6 Å². The Kier molecular flexibility index (Phi) is 4.94. The zero-order valence-corrected chi connectivity index (χ0v) is 12.8. The van der Waals surface area contributed by atoms with Crippen LogP contribution < -0.4 is 4.90 Å². The standard InChI is InChI=1S/C16H24N4/c1-4-7-12-8-9-20(11-12)16-14(10-17)13(5-2)15(6-3)18-19-16/h12H,4-9,11H2,1-3H3. The molecule has 0 aromatic carbocycles. The molecule has 4 nitrogen and oxygen atoms in total. The van der Waals surface area contributed by atoms with Crippen LogP contribution in [0.4, 0.5) is 5.82 Å². The van der Waals surface area contributed by atoms with Gasteiger partial charge in [-0.25, -0.2) is 0 Å². The largest absolute Gasteiger partial charge is 0.354 e. The first-order chi connectivity index (χ1) is 9.74. The molecule has 1 unspecified atom stereocenters. The van der Waals surface area contributed by atoms with Crippen molar-refractivity contribution in [3.8, 4) is 6.07 Å². The topological polar surface area (TPSA) is 52.8 Å². The van der Waals surface area contributed by atoms with E-state index in [1.54, 1.807) is 0 Å². The number of nitrogens with zero attached hydrogens (tertiary/aromatic N) is 4. The van der Waals surface area contributed by atoms with Crippen LogP contribution in [0.5, 0.6) is 0 Å². The van der Waals surface area contributed by atoms with Crippen molar-refractivity contribution in [2.75, 3.05) is 18.0 Å². The summed E-state index contributed by atoms with van der Waals surface area (Å²) in [5.41, 5.74) is 2.80. The lowest BCUT2D eigenvalue weighted by atomic mass is 10.0. The van der Waals surface area contributed by atoms with Crippen LogP contribution in [0.1, 0.15) is 56.9 Å². The Morgan fingerprint density at radius 2 is 2.05 bits per heavy atom. The first-order valence-corrected chi connectivity index (χ1v) is 7.78. The second-order valence-electron chi connectivity index (χ2n) is 5.53. The van der Waals surface area contributed by atoms with Crippen molar-refractivity contribution in [1.29, 1.82) is 5.26 Å². The maximum atomic E-state index is 9.54. The monoisotopic (exact) mass is 272 g/mol. The maximum Gasteiger partial charge on any atom is 0.169 e. The summed E-state index contributed by atoms with van der Waals surface area (Å²) in [4.78, 5) is 2.25. The minimum absolute atomic E-state index is 0.740. The van der Waals surface area contributed by atoms with Crippen molar-refractivity contribution >= 4 is 5.82 Å². The van der Waals surface area contributed by atoms with Gasteiger partial charge < -0.3 is 4.90 Å². The van der Waals surface area contributed by atoms with Gasteiger partial charge in [0.2, 0.25) is 0 Å². The number of anilines is 1. The Bertz CT molecular complexity index is 504. The third-order valence-electron chi connectivity index (χ3n) is 4.22. The van der Waals surface area contributed by atoms with E-state index in [0.29, 0.717) is 0 Å². The van der Waals surface area contributed by atoms with E-state index >= 15 is 0 Å². The fourth-order valence-corrected chi connectivity index (χ4v) is 3.17. The number of hydrogen-bond acceptors (Lipinski definition) is 4. The van der Waals surface area contributed by atoms with E-state index in [9.17, 15) is 5.26 Å². The molecule has 1 aromatic rings. The Labute approximate surface area is 121 Å². The van der Waals surface area contributed by atoms with Gasteiger partial charge in [0.15, 0.2) is 5.82 Å². The maximum absolute atomic E-state index is 9.54. The number of aryl methyl sites for hydroxylation is 1. The molecule has 0 bridgehead atoms. The number of aromatic nitrogens is 2. The van der Waals surface area contributed by atoms with Gasteiger partial charge in [0.25, 0.3) is 0 Å². The third kappa shape index (κ3) is 2.77. The van der Waals surface area contributed by atoms with Crippen molar-refractivity contribution in [2.45, 2.75) is 52.9 Å².